The molecular weight excluding hydrogens is 146 g/mol. The molecule has 1 atom stereocenters. The van der Waals surface area contributed by atoms with E-state index < -0.39 is 0 Å². The first kappa shape index (κ1) is 7.81. The van der Waals surface area contributed by atoms with Crippen LogP contribution in [0.1, 0.15) is 17.5 Å². The highest BCUT2D eigenvalue weighted by Gasteiger charge is 2.15. The van der Waals surface area contributed by atoms with Crippen molar-refractivity contribution in [1.29, 1.82) is 0 Å². The third-order valence-corrected chi connectivity index (χ3v) is 2.76. The number of rotatable bonds is 1. The Kier molecular flexibility index (Phi) is 2.13. The van der Waals surface area contributed by atoms with Crippen LogP contribution in [0.4, 0.5) is 0 Å². The first-order valence-electron chi connectivity index (χ1n) is 4.64. The maximum Gasteiger partial charge on any atom is 0.0108 e. The van der Waals surface area contributed by atoms with Crippen LogP contribution in [0, 0.1) is 0 Å². The predicted molar refractivity (Wildman–Crippen MR) is 51.3 cm³/mol. The summed E-state index contributed by atoms with van der Waals surface area (Å²) in [6.07, 6.45) is 3.72. The molecular formula is C11H15N. The lowest BCUT2D eigenvalue weighted by Crippen LogP contribution is -2.31. The second-order valence-electron chi connectivity index (χ2n) is 3.50. The molecule has 0 amide bonds. The topological polar surface area (TPSA) is 12.0 Å². The molecule has 1 aromatic carbocycles. The first-order chi connectivity index (χ1) is 5.90. The molecule has 0 unspecified atom stereocenters. The number of fused-ring (bicyclic) bond motifs is 1. The molecule has 0 aromatic heterocycles. The fourth-order valence-electron chi connectivity index (χ4n) is 1.94. The SMILES string of the molecule is CN[C@H]1CCc2ccccc2C1. The molecule has 1 heteroatoms. The third-order valence-electron chi connectivity index (χ3n) is 2.76. The van der Waals surface area contributed by atoms with Crippen molar-refractivity contribution < 1.29 is 0 Å². The van der Waals surface area contributed by atoms with E-state index in [0.29, 0.717) is 6.04 Å². The van der Waals surface area contributed by atoms with E-state index in [1.807, 2.05) is 0 Å². The zero-order chi connectivity index (χ0) is 8.39. The average molecular weight is 161 g/mol. The Morgan fingerprint density at radius 1 is 1.25 bits per heavy atom. The molecule has 0 heterocycles. The fourth-order valence-corrected chi connectivity index (χ4v) is 1.94. The summed E-state index contributed by atoms with van der Waals surface area (Å²) in [4.78, 5) is 0. The van der Waals surface area contributed by atoms with Gasteiger partial charge in [0, 0.05) is 6.04 Å². The van der Waals surface area contributed by atoms with Gasteiger partial charge in [-0.2, -0.15) is 0 Å². The van der Waals surface area contributed by atoms with Crippen molar-refractivity contribution in [3.05, 3.63) is 35.4 Å². The number of hydrogen-bond donors (Lipinski definition) is 1. The first-order valence-corrected chi connectivity index (χ1v) is 4.64. The number of nitrogens with one attached hydrogen (secondary N) is 1. The van der Waals surface area contributed by atoms with Gasteiger partial charge in [-0.25, -0.2) is 0 Å². The molecule has 1 nitrogen and oxygen atoms in total. The van der Waals surface area contributed by atoms with Gasteiger partial charge in [-0.05, 0) is 37.4 Å². The minimum Gasteiger partial charge on any atom is -0.317 e. The van der Waals surface area contributed by atoms with Crippen molar-refractivity contribution in [2.24, 2.45) is 0 Å². The Bertz CT molecular complexity index is 267. The quantitative estimate of drug-likeness (QED) is 0.662. The molecule has 2 rings (SSSR count). The summed E-state index contributed by atoms with van der Waals surface area (Å²) in [5, 5.41) is 3.34. The highest BCUT2D eigenvalue weighted by atomic mass is 14.9. The zero-order valence-corrected chi connectivity index (χ0v) is 7.51. The van der Waals surface area contributed by atoms with Gasteiger partial charge in [0.15, 0.2) is 0 Å². The summed E-state index contributed by atoms with van der Waals surface area (Å²) in [5.41, 5.74) is 3.08. The lowest BCUT2D eigenvalue weighted by Gasteiger charge is -2.23. The van der Waals surface area contributed by atoms with Crippen LogP contribution in [0.25, 0.3) is 0 Å². The average Bonchev–Trinajstić information content (AvgIpc) is 2.17. The van der Waals surface area contributed by atoms with Crippen LogP contribution in [0.5, 0.6) is 0 Å². The van der Waals surface area contributed by atoms with Crippen LogP contribution in [0.15, 0.2) is 24.3 Å². The van der Waals surface area contributed by atoms with Crippen molar-refractivity contribution in [3.63, 3.8) is 0 Å². The monoisotopic (exact) mass is 161 g/mol. The van der Waals surface area contributed by atoms with Crippen LogP contribution < -0.4 is 5.32 Å². The number of hydrogen-bond acceptors (Lipinski definition) is 1. The largest absolute Gasteiger partial charge is 0.317 e. The Balaban J connectivity index is 2.23. The molecule has 1 aliphatic rings. The van der Waals surface area contributed by atoms with Gasteiger partial charge in [-0.3, -0.25) is 0 Å². The molecule has 1 N–H and O–H groups in total. The summed E-state index contributed by atoms with van der Waals surface area (Å²) in [6, 6.07) is 9.47. The Morgan fingerprint density at radius 3 is 2.75 bits per heavy atom. The second kappa shape index (κ2) is 3.28. The summed E-state index contributed by atoms with van der Waals surface area (Å²) in [7, 11) is 2.05. The van der Waals surface area contributed by atoms with E-state index in [2.05, 4.69) is 36.6 Å². The van der Waals surface area contributed by atoms with Gasteiger partial charge in [-0.1, -0.05) is 24.3 Å². The Morgan fingerprint density at radius 2 is 2.00 bits per heavy atom. The molecule has 1 aromatic rings. The lowest BCUT2D eigenvalue weighted by molar-refractivity contribution is 0.496. The van der Waals surface area contributed by atoms with Crippen LogP contribution in [0.2, 0.25) is 0 Å². The summed E-state index contributed by atoms with van der Waals surface area (Å²) >= 11 is 0. The number of aryl methyl sites for hydroxylation is 1. The van der Waals surface area contributed by atoms with E-state index in [9.17, 15) is 0 Å². The smallest absolute Gasteiger partial charge is 0.0108 e. The van der Waals surface area contributed by atoms with Crippen molar-refractivity contribution in [1.82, 2.24) is 5.32 Å². The molecule has 0 fully saturated rings. The molecule has 1 aliphatic carbocycles. The Labute approximate surface area is 73.8 Å². The van der Waals surface area contributed by atoms with E-state index in [1.165, 1.54) is 24.8 Å². The second-order valence-corrected chi connectivity index (χ2v) is 3.50. The third kappa shape index (κ3) is 1.37. The van der Waals surface area contributed by atoms with Crippen LogP contribution >= 0.6 is 0 Å². The predicted octanol–water partition coefficient (Wildman–Crippen LogP) is 1.76. The number of likely N-dealkylation sites (N-methyl/N-ethyl adjacent to an activating group) is 1. The van der Waals surface area contributed by atoms with Gasteiger partial charge in [0.05, 0.1) is 0 Å². The van der Waals surface area contributed by atoms with Crippen molar-refractivity contribution in [3.8, 4) is 0 Å². The van der Waals surface area contributed by atoms with Crippen molar-refractivity contribution >= 4 is 0 Å². The van der Waals surface area contributed by atoms with E-state index in [1.54, 1.807) is 5.56 Å². The highest BCUT2D eigenvalue weighted by Crippen LogP contribution is 2.20. The standard InChI is InChI=1S/C11H15N/c1-12-11-7-6-9-4-2-3-5-10(9)8-11/h2-5,11-12H,6-8H2,1H3/t11-/m0/s1. The highest BCUT2D eigenvalue weighted by molar-refractivity contribution is 5.30. The maximum absolute atomic E-state index is 3.34. The minimum atomic E-state index is 0.694. The minimum absolute atomic E-state index is 0.694. The van der Waals surface area contributed by atoms with Crippen molar-refractivity contribution in [2.75, 3.05) is 7.05 Å². The van der Waals surface area contributed by atoms with Crippen LogP contribution in [-0.4, -0.2) is 13.1 Å². The molecule has 0 spiro atoms. The van der Waals surface area contributed by atoms with Gasteiger partial charge in [0.2, 0.25) is 0 Å². The molecule has 0 radical (unpaired) electrons. The normalized spacial score (nSPS) is 21.9. The molecule has 0 saturated heterocycles. The van der Waals surface area contributed by atoms with Gasteiger partial charge >= 0.3 is 0 Å². The van der Waals surface area contributed by atoms with E-state index in [0.717, 1.165) is 0 Å². The number of benzene rings is 1. The molecule has 0 saturated carbocycles. The van der Waals surface area contributed by atoms with Crippen molar-refractivity contribution in [2.45, 2.75) is 25.3 Å². The molecule has 12 heavy (non-hydrogen) atoms. The Hall–Kier alpha value is -0.820. The summed E-state index contributed by atoms with van der Waals surface area (Å²) in [6.45, 7) is 0. The van der Waals surface area contributed by atoms with Crippen LogP contribution in [0.3, 0.4) is 0 Å². The summed E-state index contributed by atoms with van der Waals surface area (Å²) < 4.78 is 0. The van der Waals surface area contributed by atoms with E-state index in [4.69, 9.17) is 0 Å². The van der Waals surface area contributed by atoms with Gasteiger partial charge in [-0.15, -0.1) is 0 Å². The molecule has 0 aliphatic heterocycles. The van der Waals surface area contributed by atoms with Gasteiger partial charge in [0.25, 0.3) is 0 Å². The summed E-state index contributed by atoms with van der Waals surface area (Å²) in [5.74, 6) is 0. The maximum atomic E-state index is 3.34. The zero-order valence-electron chi connectivity index (χ0n) is 7.51. The van der Waals surface area contributed by atoms with E-state index >= 15 is 0 Å². The molecule has 64 valence electrons. The molecule has 0 bridgehead atoms. The van der Waals surface area contributed by atoms with E-state index in [-0.39, 0.29) is 0 Å². The van der Waals surface area contributed by atoms with Gasteiger partial charge in [0.1, 0.15) is 0 Å². The van der Waals surface area contributed by atoms with Crippen LogP contribution in [-0.2, 0) is 12.8 Å². The fraction of sp³-hybridized carbons (Fsp3) is 0.455. The van der Waals surface area contributed by atoms with Gasteiger partial charge < -0.3 is 5.32 Å². The lowest BCUT2D eigenvalue weighted by atomic mass is 9.88.